The summed E-state index contributed by atoms with van der Waals surface area (Å²) in [5.41, 5.74) is 7.06. The van der Waals surface area contributed by atoms with Gasteiger partial charge in [0.15, 0.2) is 11.5 Å². The van der Waals surface area contributed by atoms with Gasteiger partial charge >= 0.3 is 0 Å². The molecule has 0 unspecified atom stereocenters. The van der Waals surface area contributed by atoms with Crippen molar-refractivity contribution in [3.05, 3.63) is 34.7 Å². The van der Waals surface area contributed by atoms with E-state index >= 15 is 0 Å². The molecule has 0 saturated carbocycles. The quantitative estimate of drug-likeness (QED) is 0.554. The average Bonchev–Trinajstić information content (AvgIpc) is 2.76. The van der Waals surface area contributed by atoms with Gasteiger partial charge in [0.1, 0.15) is 11.4 Å². The molecule has 0 aliphatic heterocycles. The van der Waals surface area contributed by atoms with Crippen LogP contribution in [0.15, 0.2) is 29.2 Å². The normalized spacial score (nSPS) is 10.8. The number of aromatic amines is 2. The van der Waals surface area contributed by atoms with Crippen LogP contribution in [0.3, 0.4) is 0 Å². The van der Waals surface area contributed by atoms with Crippen LogP contribution in [0, 0.1) is 0 Å². The van der Waals surface area contributed by atoms with Gasteiger partial charge in [0.25, 0.3) is 5.56 Å². The molecule has 0 spiro atoms. The number of nitrogens with two attached hydrogens (primary N) is 1. The summed E-state index contributed by atoms with van der Waals surface area (Å²) in [5, 5.41) is 6.17. The number of rotatable bonds is 1. The van der Waals surface area contributed by atoms with E-state index in [1.165, 1.54) is 6.07 Å². The third kappa shape index (κ3) is 1.53. The molecule has 0 amide bonds. The summed E-state index contributed by atoms with van der Waals surface area (Å²) in [7, 11) is 0. The first-order valence-corrected chi connectivity index (χ1v) is 4.90. The predicted molar refractivity (Wildman–Crippen MR) is 62.2 cm³/mol. The Kier molecular flexibility index (Phi) is 1.91. The molecule has 0 fully saturated rings. The van der Waals surface area contributed by atoms with Gasteiger partial charge < -0.3 is 10.7 Å². The van der Waals surface area contributed by atoms with E-state index in [2.05, 4.69) is 25.1 Å². The van der Waals surface area contributed by atoms with E-state index in [4.69, 9.17) is 5.73 Å². The molecule has 3 aromatic rings. The molecule has 0 aromatic carbocycles. The monoisotopic (exact) mass is 228 g/mol. The molecule has 0 aliphatic rings. The fraction of sp³-hybridized carbons (Fsp3) is 0. The number of fused-ring (bicyclic) bond motifs is 1. The van der Waals surface area contributed by atoms with Crippen LogP contribution in [0.2, 0.25) is 0 Å². The van der Waals surface area contributed by atoms with Gasteiger partial charge in [-0.1, -0.05) is 0 Å². The second-order valence-corrected chi connectivity index (χ2v) is 3.50. The van der Waals surface area contributed by atoms with Crippen molar-refractivity contribution in [1.82, 2.24) is 25.1 Å². The van der Waals surface area contributed by atoms with Crippen LogP contribution in [0.5, 0.6) is 0 Å². The first-order valence-electron chi connectivity index (χ1n) is 4.90. The molecule has 4 N–H and O–H groups in total. The molecule has 3 aromatic heterocycles. The number of imidazole rings is 1. The maximum absolute atomic E-state index is 11.1. The van der Waals surface area contributed by atoms with Crippen molar-refractivity contribution < 1.29 is 0 Å². The first kappa shape index (κ1) is 9.52. The number of pyridine rings is 1. The van der Waals surface area contributed by atoms with Crippen molar-refractivity contribution in [2.75, 3.05) is 5.73 Å². The summed E-state index contributed by atoms with van der Waals surface area (Å²) in [6.45, 7) is 0. The molecule has 17 heavy (non-hydrogen) atoms. The fourth-order valence-electron chi connectivity index (χ4n) is 1.51. The first-order chi connectivity index (χ1) is 8.24. The number of anilines is 1. The minimum atomic E-state index is -0.414. The third-order valence-corrected chi connectivity index (χ3v) is 2.33. The number of aromatic nitrogens is 5. The van der Waals surface area contributed by atoms with Crippen LogP contribution >= 0.6 is 0 Å². The van der Waals surface area contributed by atoms with Gasteiger partial charge in [0.2, 0.25) is 0 Å². The second kappa shape index (κ2) is 3.41. The summed E-state index contributed by atoms with van der Waals surface area (Å²) in [4.78, 5) is 22.5. The number of nitrogen functional groups attached to an aromatic ring is 1. The lowest BCUT2D eigenvalue weighted by molar-refractivity contribution is 0.989. The smallest absolute Gasteiger partial charge is 0.287 e. The van der Waals surface area contributed by atoms with Gasteiger partial charge in [-0.05, 0) is 18.2 Å². The Morgan fingerprint density at radius 1 is 1.35 bits per heavy atom. The molecule has 0 aliphatic carbocycles. The standard InChI is InChI=1S/C10H8N6O/c11-5-4-7(15-16-10(5)17)9-13-6-2-1-3-12-8(6)14-9/h1-4H,(H2,11,15)(H,16,17)(H,12,13,14). The number of nitrogens with zero attached hydrogens (tertiary/aromatic N) is 3. The van der Waals surface area contributed by atoms with Gasteiger partial charge in [0, 0.05) is 6.20 Å². The molecule has 3 heterocycles. The van der Waals surface area contributed by atoms with Gasteiger partial charge in [-0.2, -0.15) is 5.10 Å². The molecule has 3 rings (SSSR count). The fourth-order valence-corrected chi connectivity index (χ4v) is 1.51. The lowest BCUT2D eigenvalue weighted by Gasteiger charge is -1.95. The van der Waals surface area contributed by atoms with Crippen molar-refractivity contribution in [2.24, 2.45) is 0 Å². The predicted octanol–water partition coefficient (Wildman–Crippen LogP) is 0.290. The largest absolute Gasteiger partial charge is 0.394 e. The van der Waals surface area contributed by atoms with E-state index in [0.29, 0.717) is 17.2 Å². The summed E-state index contributed by atoms with van der Waals surface area (Å²) < 4.78 is 0. The number of nitrogens with one attached hydrogen (secondary N) is 2. The topological polar surface area (TPSA) is 113 Å². The summed E-state index contributed by atoms with van der Waals surface area (Å²) >= 11 is 0. The molecule has 0 saturated heterocycles. The van der Waals surface area contributed by atoms with Crippen LogP contribution in [0.25, 0.3) is 22.7 Å². The van der Waals surface area contributed by atoms with Gasteiger partial charge in [0.05, 0.1) is 5.52 Å². The Morgan fingerprint density at radius 3 is 3.00 bits per heavy atom. The van der Waals surface area contributed by atoms with Crippen molar-refractivity contribution >= 4 is 16.9 Å². The van der Waals surface area contributed by atoms with Gasteiger partial charge in [-0.15, -0.1) is 0 Å². The van der Waals surface area contributed by atoms with Crippen molar-refractivity contribution in [1.29, 1.82) is 0 Å². The van der Waals surface area contributed by atoms with Gasteiger partial charge in [-0.25, -0.2) is 15.1 Å². The van der Waals surface area contributed by atoms with Crippen molar-refractivity contribution in [2.45, 2.75) is 0 Å². The molecule has 0 radical (unpaired) electrons. The maximum Gasteiger partial charge on any atom is 0.287 e. The second-order valence-electron chi connectivity index (χ2n) is 3.50. The Balaban J connectivity index is 2.20. The van der Waals surface area contributed by atoms with Crippen LogP contribution < -0.4 is 11.3 Å². The van der Waals surface area contributed by atoms with Gasteiger partial charge in [-0.3, -0.25) is 4.79 Å². The third-order valence-electron chi connectivity index (χ3n) is 2.33. The zero-order valence-electron chi connectivity index (χ0n) is 8.64. The Morgan fingerprint density at radius 2 is 2.24 bits per heavy atom. The zero-order chi connectivity index (χ0) is 11.8. The van der Waals surface area contributed by atoms with Crippen LogP contribution in [-0.4, -0.2) is 25.1 Å². The molecule has 0 bridgehead atoms. The van der Waals surface area contributed by atoms with E-state index in [9.17, 15) is 4.79 Å². The minimum Gasteiger partial charge on any atom is -0.394 e. The van der Waals surface area contributed by atoms with E-state index in [1.807, 2.05) is 6.07 Å². The molecule has 84 valence electrons. The lowest BCUT2D eigenvalue weighted by Crippen LogP contribution is -2.13. The Hall–Kier alpha value is -2.70. The molecular formula is C10H8N6O. The highest BCUT2D eigenvalue weighted by Crippen LogP contribution is 2.16. The Bertz CT molecular complexity index is 711. The highest BCUT2D eigenvalue weighted by atomic mass is 16.1. The maximum atomic E-state index is 11.1. The van der Waals surface area contributed by atoms with Crippen LogP contribution in [0.1, 0.15) is 0 Å². The lowest BCUT2D eigenvalue weighted by atomic mass is 10.3. The summed E-state index contributed by atoms with van der Waals surface area (Å²) in [5.74, 6) is 0.515. The van der Waals surface area contributed by atoms with Crippen molar-refractivity contribution in [3.63, 3.8) is 0 Å². The van der Waals surface area contributed by atoms with Crippen LogP contribution in [-0.2, 0) is 0 Å². The highest BCUT2D eigenvalue weighted by molar-refractivity contribution is 5.74. The highest BCUT2D eigenvalue weighted by Gasteiger charge is 2.08. The molecule has 7 nitrogen and oxygen atoms in total. The Labute approximate surface area is 94.7 Å². The zero-order valence-corrected chi connectivity index (χ0v) is 8.64. The molecular weight excluding hydrogens is 220 g/mol. The molecule has 0 atom stereocenters. The minimum absolute atomic E-state index is 0.100. The average molecular weight is 228 g/mol. The number of hydrogen-bond donors (Lipinski definition) is 3. The van der Waals surface area contributed by atoms with E-state index in [-0.39, 0.29) is 5.69 Å². The summed E-state index contributed by atoms with van der Waals surface area (Å²) in [6, 6.07) is 5.13. The number of H-pyrrole nitrogens is 2. The van der Waals surface area contributed by atoms with E-state index in [1.54, 1.807) is 12.3 Å². The SMILES string of the molecule is Nc1cc(-c2nc3ncccc3[nH]2)n[nH]c1=O. The summed E-state index contributed by atoms with van der Waals surface area (Å²) in [6.07, 6.45) is 1.65. The van der Waals surface area contributed by atoms with E-state index < -0.39 is 5.56 Å². The number of hydrogen-bond acceptors (Lipinski definition) is 5. The van der Waals surface area contributed by atoms with Crippen molar-refractivity contribution in [3.8, 4) is 11.5 Å². The van der Waals surface area contributed by atoms with Crippen LogP contribution in [0.4, 0.5) is 5.69 Å². The van der Waals surface area contributed by atoms with E-state index in [0.717, 1.165) is 5.52 Å². The molecule has 7 heteroatoms.